The molecule has 2 aliphatic rings. The van der Waals surface area contributed by atoms with Gasteiger partial charge in [0, 0.05) is 36.7 Å². The molecule has 2 unspecified atom stereocenters. The van der Waals surface area contributed by atoms with Crippen LogP contribution >= 0.6 is 23.1 Å². The highest BCUT2D eigenvalue weighted by Gasteiger charge is 2.31. The van der Waals surface area contributed by atoms with Gasteiger partial charge in [-0.2, -0.15) is 0 Å². The van der Waals surface area contributed by atoms with Crippen molar-refractivity contribution in [3.8, 4) is 0 Å². The number of aliphatic hydroxyl groups is 1. The van der Waals surface area contributed by atoms with Crippen molar-refractivity contribution in [3.63, 3.8) is 0 Å². The zero-order valence-electron chi connectivity index (χ0n) is 11.5. The molecule has 1 aromatic heterocycles. The zero-order valence-corrected chi connectivity index (χ0v) is 13.1. The van der Waals surface area contributed by atoms with Crippen LogP contribution in [0.25, 0.3) is 0 Å². The number of likely N-dealkylation sites (tertiary alicyclic amines) is 2. The molecule has 2 saturated heterocycles. The Labute approximate surface area is 128 Å². The minimum Gasteiger partial charge on any atom is -0.395 e. The molecule has 20 heavy (non-hydrogen) atoms. The molecule has 2 fully saturated rings. The van der Waals surface area contributed by atoms with E-state index in [-0.39, 0.29) is 6.61 Å². The van der Waals surface area contributed by atoms with E-state index < -0.39 is 0 Å². The molecule has 1 aromatic rings. The molecule has 0 radical (unpaired) electrons. The summed E-state index contributed by atoms with van der Waals surface area (Å²) in [4.78, 5) is 4.92. The van der Waals surface area contributed by atoms with Gasteiger partial charge in [0.25, 0.3) is 0 Å². The number of halogens is 1. The number of rotatable bonds is 5. The Hall–Kier alpha value is -0.270. The lowest BCUT2D eigenvalue weighted by Crippen LogP contribution is -2.43. The fourth-order valence-electron chi connectivity index (χ4n) is 3.41. The number of hydrogen-bond acceptors (Lipinski definition) is 6. The SMILES string of the molecule is OCC1CCCN1CC1CCCN1Cc1nnsc1Cl. The molecule has 3 rings (SSSR count). The number of aromatic nitrogens is 2. The van der Waals surface area contributed by atoms with Crippen LogP contribution in [0.4, 0.5) is 0 Å². The highest BCUT2D eigenvalue weighted by Crippen LogP contribution is 2.26. The standard InChI is InChI=1S/C13H21ClN4OS/c14-13-12(15-16-20-13)8-18-6-1-3-10(18)7-17-5-2-4-11(17)9-19/h10-11,19H,1-9H2. The van der Waals surface area contributed by atoms with Crippen LogP contribution < -0.4 is 0 Å². The second-order valence-corrected chi connectivity index (χ2v) is 7.09. The lowest BCUT2D eigenvalue weighted by Gasteiger charge is -2.30. The van der Waals surface area contributed by atoms with E-state index in [4.69, 9.17) is 11.6 Å². The van der Waals surface area contributed by atoms with Crippen molar-refractivity contribution < 1.29 is 5.11 Å². The second kappa shape index (κ2) is 6.66. The van der Waals surface area contributed by atoms with E-state index in [1.54, 1.807) is 0 Å². The Bertz CT molecular complexity index is 444. The van der Waals surface area contributed by atoms with Gasteiger partial charge in [0.15, 0.2) is 0 Å². The van der Waals surface area contributed by atoms with Crippen molar-refractivity contribution >= 4 is 23.1 Å². The minimum atomic E-state index is 0.286. The Balaban J connectivity index is 1.59. The third kappa shape index (κ3) is 3.14. The largest absolute Gasteiger partial charge is 0.395 e. The fourth-order valence-corrected chi connectivity index (χ4v) is 4.02. The van der Waals surface area contributed by atoms with Crippen LogP contribution in [-0.4, -0.2) is 62.8 Å². The summed E-state index contributed by atoms with van der Waals surface area (Å²) >= 11 is 7.37. The van der Waals surface area contributed by atoms with Crippen LogP contribution in [0.3, 0.4) is 0 Å². The van der Waals surface area contributed by atoms with Gasteiger partial charge >= 0.3 is 0 Å². The molecule has 7 heteroatoms. The van der Waals surface area contributed by atoms with E-state index in [2.05, 4.69) is 19.4 Å². The maximum absolute atomic E-state index is 9.43. The summed E-state index contributed by atoms with van der Waals surface area (Å²) in [6, 6.07) is 0.918. The smallest absolute Gasteiger partial charge is 0.138 e. The van der Waals surface area contributed by atoms with Gasteiger partial charge in [-0.05, 0) is 38.8 Å². The molecule has 0 aliphatic carbocycles. The molecule has 2 atom stereocenters. The molecule has 0 spiro atoms. The predicted molar refractivity (Wildman–Crippen MR) is 80.0 cm³/mol. The summed E-state index contributed by atoms with van der Waals surface area (Å²) in [5.74, 6) is 0. The monoisotopic (exact) mass is 316 g/mol. The Kier molecular flexibility index (Phi) is 4.88. The van der Waals surface area contributed by atoms with E-state index in [1.165, 1.54) is 30.8 Å². The third-order valence-corrected chi connectivity index (χ3v) is 5.50. The summed E-state index contributed by atoms with van der Waals surface area (Å²) in [5.41, 5.74) is 0.906. The van der Waals surface area contributed by atoms with Crippen molar-refractivity contribution in [2.45, 2.75) is 44.3 Å². The summed E-state index contributed by atoms with van der Waals surface area (Å²) in [6.45, 7) is 4.37. The van der Waals surface area contributed by atoms with Gasteiger partial charge in [0.2, 0.25) is 0 Å². The first kappa shape index (κ1) is 14.7. The van der Waals surface area contributed by atoms with Gasteiger partial charge < -0.3 is 5.11 Å². The van der Waals surface area contributed by atoms with E-state index in [0.29, 0.717) is 16.4 Å². The van der Waals surface area contributed by atoms with Crippen LogP contribution in [0.2, 0.25) is 4.34 Å². The van der Waals surface area contributed by atoms with Crippen LogP contribution in [-0.2, 0) is 6.54 Å². The molecular weight excluding hydrogens is 296 g/mol. The first-order valence-electron chi connectivity index (χ1n) is 7.33. The van der Waals surface area contributed by atoms with Crippen molar-refractivity contribution in [3.05, 3.63) is 10.0 Å². The highest BCUT2D eigenvalue weighted by atomic mass is 35.5. The average Bonchev–Trinajstić information content (AvgIpc) is 3.15. The molecule has 0 amide bonds. The van der Waals surface area contributed by atoms with Crippen LogP contribution in [0.15, 0.2) is 0 Å². The van der Waals surface area contributed by atoms with Gasteiger partial charge in [-0.1, -0.05) is 16.1 Å². The minimum absolute atomic E-state index is 0.286. The summed E-state index contributed by atoms with van der Waals surface area (Å²) in [5, 5.41) is 13.5. The zero-order chi connectivity index (χ0) is 13.9. The van der Waals surface area contributed by atoms with Crippen LogP contribution in [0.5, 0.6) is 0 Å². The van der Waals surface area contributed by atoms with Gasteiger partial charge in [-0.15, -0.1) is 5.10 Å². The fraction of sp³-hybridized carbons (Fsp3) is 0.846. The Morgan fingerprint density at radius 2 is 1.95 bits per heavy atom. The number of aliphatic hydroxyl groups excluding tert-OH is 1. The van der Waals surface area contributed by atoms with E-state index in [9.17, 15) is 5.11 Å². The maximum Gasteiger partial charge on any atom is 0.138 e. The van der Waals surface area contributed by atoms with Crippen molar-refractivity contribution in [1.82, 2.24) is 19.4 Å². The lowest BCUT2D eigenvalue weighted by atomic mass is 10.2. The molecule has 1 N–H and O–H groups in total. The second-order valence-electron chi connectivity index (χ2n) is 5.73. The molecule has 2 aliphatic heterocycles. The maximum atomic E-state index is 9.43. The van der Waals surface area contributed by atoms with E-state index in [0.717, 1.165) is 38.3 Å². The van der Waals surface area contributed by atoms with Crippen LogP contribution in [0.1, 0.15) is 31.4 Å². The van der Waals surface area contributed by atoms with Gasteiger partial charge in [0.1, 0.15) is 10.0 Å². The molecule has 3 heterocycles. The molecule has 0 saturated carbocycles. The summed E-state index contributed by atoms with van der Waals surface area (Å²) < 4.78 is 4.62. The lowest BCUT2D eigenvalue weighted by molar-refractivity contribution is 0.119. The molecular formula is C13H21ClN4OS. The number of hydrogen-bond donors (Lipinski definition) is 1. The molecule has 5 nitrogen and oxygen atoms in total. The van der Waals surface area contributed by atoms with Gasteiger partial charge in [0.05, 0.1) is 6.61 Å². The van der Waals surface area contributed by atoms with Crippen LogP contribution in [0, 0.1) is 0 Å². The Morgan fingerprint density at radius 3 is 2.65 bits per heavy atom. The first-order valence-corrected chi connectivity index (χ1v) is 8.48. The highest BCUT2D eigenvalue weighted by molar-refractivity contribution is 7.10. The molecule has 0 aromatic carbocycles. The van der Waals surface area contributed by atoms with Gasteiger partial charge in [-0.3, -0.25) is 9.80 Å². The average molecular weight is 317 g/mol. The van der Waals surface area contributed by atoms with Crippen molar-refractivity contribution in [2.75, 3.05) is 26.2 Å². The van der Waals surface area contributed by atoms with E-state index in [1.807, 2.05) is 0 Å². The van der Waals surface area contributed by atoms with Gasteiger partial charge in [-0.25, -0.2) is 0 Å². The number of nitrogens with zero attached hydrogens (tertiary/aromatic N) is 4. The normalized spacial score (nSPS) is 28.5. The topological polar surface area (TPSA) is 52.5 Å². The molecule has 0 bridgehead atoms. The molecule has 112 valence electrons. The Morgan fingerprint density at radius 1 is 1.20 bits per heavy atom. The predicted octanol–water partition coefficient (Wildman–Crippen LogP) is 1.61. The van der Waals surface area contributed by atoms with Crippen molar-refractivity contribution in [2.24, 2.45) is 0 Å². The van der Waals surface area contributed by atoms with E-state index >= 15 is 0 Å². The van der Waals surface area contributed by atoms with Crippen molar-refractivity contribution in [1.29, 1.82) is 0 Å². The third-order valence-electron chi connectivity index (χ3n) is 4.52. The quantitative estimate of drug-likeness (QED) is 0.894. The summed E-state index contributed by atoms with van der Waals surface area (Å²) in [6.07, 6.45) is 4.80. The first-order chi connectivity index (χ1) is 9.78. The summed E-state index contributed by atoms with van der Waals surface area (Å²) in [7, 11) is 0.